The first-order valence-corrected chi connectivity index (χ1v) is 11.1. The second kappa shape index (κ2) is 10.7. The molecule has 0 amide bonds. The number of nitrogens with one attached hydrogen (secondary N) is 1. The van der Waals surface area contributed by atoms with Crippen LogP contribution in [0.3, 0.4) is 0 Å². The van der Waals surface area contributed by atoms with Gasteiger partial charge in [-0.25, -0.2) is 0 Å². The SMILES string of the molecule is COCOc1ccc2c(c1)O[C@@H](CNCCN1CCN(c3ccc(O)cc3)CC1)CC2. The lowest BCUT2D eigenvalue weighted by Crippen LogP contribution is -2.48. The van der Waals surface area contributed by atoms with Gasteiger partial charge in [-0.15, -0.1) is 0 Å². The first kappa shape index (κ1) is 21.7. The molecule has 0 spiro atoms. The lowest BCUT2D eigenvalue weighted by molar-refractivity contribution is 0.0507. The molecule has 2 aliphatic rings. The molecule has 0 aromatic heterocycles. The van der Waals surface area contributed by atoms with Gasteiger partial charge in [-0.1, -0.05) is 6.07 Å². The van der Waals surface area contributed by atoms with Crippen LogP contribution in [-0.4, -0.2) is 75.8 Å². The highest BCUT2D eigenvalue weighted by Crippen LogP contribution is 2.31. The van der Waals surface area contributed by atoms with Gasteiger partial charge in [-0.05, 0) is 48.7 Å². The largest absolute Gasteiger partial charge is 0.508 e. The molecule has 2 aliphatic heterocycles. The Kier molecular flexibility index (Phi) is 7.51. The molecular formula is C24H33N3O4. The van der Waals surface area contributed by atoms with Gasteiger partial charge in [0.25, 0.3) is 0 Å². The van der Waals surface area contributed by atoms with Crippen molar-refractivity contribution in [2.45, 2.75) is 18.9 Å². The number of methoxy groups -OCH3 is 1. The van der Waals surface area contributed by atoms with Gasteiger partial charge in [0.1, 0.15) is 23.4 Å². The Hall–Kier alpha value is -2.48. The molecule has 1 saturated heterocycles. The molecule has 7 nitrogen and oxygen atoms in total. The highest BCUT2D eigenvalue weighted by molar-refractivity contribution is 5.49. The molecule has 1 atom stereocenters. The molecule has 0 radical (unpaired) electrons. The van der Waals surface area contributed by atoms with Crippen LogP contribution < -0.4 is 19.7 Å². The van der Waals surface area contributed by atoms with Gasteiger partial charge in [-0.3, -0.25) is 4.90 Å². The summed E-state index contributed by atoms with van der Waals surface area (Å²) in [5.41, 5.74) is 2.42. The minimum Gasteiger partial charge on any atom is -0.508 e. The number of nitrogens with zero attached hydrogens (tertiary/aromatic N) is 2. The van der Waals surface area contributed by atoms with Crippen molar-refractivity contribution < 1.29 is 19.3 Å². The quantitative estimate of drug-likeness (QED) is 0.471. The number of phenols is 1. The monoisotopic (exact) mass is 427 g/mol. The van der Waals surface area contributed by atoms with Crippen LogP contribution in [0.25, 0.3) is 0 Å². The number of ether oxygens (including phenoxy) is 3. The third-order valence-corrected chi connectivity index (χ3v) is 5.98. The molecule has 0 unspecified atom stereocenters. The molecule has 2 heterocycles. The van der Waals surface area contributed by atoms with Crippen LogP contribution in [0.1, 0.15) is 12.0 Å². The molecular weight excluding hydrogens is 394 g/mol. The Morgan fingerprint density at radius 2 is 1.90 bits per heavy atom. The van der Waals surface area contributed by atoms with Crippen molar-refractivity contribution in [3.05, 3.63) is 48.0 Å². The Bertz CT molecular complexity index is 822. The van der Waals surface area contributed by atoms with E-state index in [-0.39, 0.29) is 12.9 Å². The van der Waals surface area contributed by atoms with E-state index >= 15 is 0 Å². The number of rotatable bonds is 9. The summed E-state index contributed by atoms with van der Waals surface area (Å²) in [7, 11) is 1.62. The van der Waals surface area contributed by atoms with E-state index in [0.717, 1.165) is 70.2 Å². The number of benzene rings is 2. The Morgan fingerprint density at radius 3 is 2.68 bits per heavy atom. The molecule has 0 bridgehead atoms. The van der Waals surface area contributed by atoms with E-state index in [1.165, 1.54) is 11.3 Å². The van der Waals surface area contributed by atoms with E-state index in [1.54, 1.807) is 19.2 Å². The van der Waals surface area contributed by atoms with Gasteiger partial charge in [0.2, 0.25) is 0 Å². The lowest BCUT2D eigenvalue weighted by atomic mass is 10.0. The van der Waals surface area contributed by atoms with E-state index in [1.807, 2.05) is 24.3 Å². The summed E-state index contributed by atoms with van der Waals surface area (Å²) in [6, 6.07) is 13.5. The standard InChI is InChI=1S/C24H33N3O4/c1-29-18-30-22-8-2-19-3-9-23(31-24(19)16-22)17-25-10-11-26-12-14-27(15-13-26)20-4-6-21(28)7-5-20/h2,4-8,16,23,25,28H,3,9-15,17-18H2,1H3/t23-/m1/s1. The molecule has 1 fully saturated rings. The zero-order chi connectivity index (χ0) is 21.5. The predicted octanol–water partition coefficient (Wildman–Crippen LogP) is 2.48. The highest BCUT2D eigenvalue weighted by Gasteiger charge is 2.21. The number of hydrogen-bond acceptors (Lipinski definition) is 7. The van der Waals surface area contributed by atoms with Crippen molar-refractivity contribution in [2.75, 3.05) is 64.6 Å². The number of aromatic hydroxyl groups is 1. The van der Waals surface area contributed by atoms with Crippen LogP contribution in [0.15, 0.2) is 42.5 Å². The van der Waals surface area contributed by atoms with Gasteiger partial charge in [0.15, 0.2) is 6.79 Å². The van der Waals surface area contributed by atoms with Crippen LogP contribution in [0.5, 0.6) is 17.2 Å². The number of aryl methyl sites for hydroxylation is 1. The van der Waals surface area contributed by atoms with Crippen LogP contribution in [-0.2, 0) is 11.2 Å². The fraction of sp³-hybridized carbons (Fsp3) is 0.500. The average molecular weight is 428 g/mol. The predicted molar refractivity (Wildman–Crippen MR) is 121 cm³/mol. The first-order valence-electron chi connectivity index (χ1n) is 11.1. The van der Waals surface area contributed by atoms with Crippen LogP contribution in [0.2, 0.25) is 0 Å². The van der Waals surface area contributed by atoms with Gasteiger partial charge >= 0.3 is 0 Å². The summed E-state index contributed by atoms with van der Waals surface area (Å²) < 4.78 is 16.7. The third-order valence-electron chi connectivity index (χ3n) is 5.98. The number of fused-ring (bicyclic) bond motifs is 1. The van der Waals surface area contributed by atoms with Crippen LogP contribution >= 0.6 is 0 Å². The van der Waals surface area contributed by atoms with E-state index in [0.29, 0.717) is 5.75 Å². The second-order valence-electron chi connectivity index (χ2n) is 8.15. The van der Waals surface area contributed by atoms with E-state index in [9.17, 15) is 5.11 Å². The van der Waals surface area contributed by atoms with Crippen molar-refractivity contribution in [1.82, 2.24) is 10.2 Å². The zero-order valence-corrected chi connectivity index (χ0v) is 18.3. The minimum atomic E-state index is 0.191. The van der Waals surface area contributed by atoms with E-state index in [2.05, 4.69) is 21.2 Å². The molecule has 0 saturated carbocycles. The van der Waals surface area contributed by atoms with Crippen molar-refractivity contribution in [3.8, 4) is 17.2 Å². The van der Waals surface area contributed by atoms with E-state index < -0.39 is 0 Å². The minimum absolute atomic E-state index is 0.191. The Labute approximate surface area is 184 Å². The maximum Gasteiger partial charge on any atom is 0.188 e. The summed E-state index contributed by atoms with van der Waals surface area (Å²) in [6.45, 7) is 7.25. The van der Waals surface area contributed by atoms with Gasteiger partial charge in [-0.2, -0.15) is 0 Å². The summed E-state index contributed by atoms with van der Waals surface area (Å²) in [4.78, 5) is 4.88. The molecule has 2 N–H and O–H groups in total. The number of anilines is 1. The number of hydrogen-bond donors (Lipinski definition) is 2. The van der Waals surface area contributed by atoms with Crippen LogP contribution in [0.4, 0.5) is 5.69 Å². The smallest absolute Gasteiger partial charge is 0.188 e. The second-order valence-corrected chi connectivity index (χ2v) is 8.15. The van der Waals surface area contributed by atoms with Crippen LogP contribution in [0, 0.1) is 0 Å². The molecule has 0 aliphatic carbocycles. The maximum absolute atomic E-state index is 9.45. The number of phenolic OH excluding ortho intramolecular Hbond substituents is 1. The van der Waals surface area contributed by atoms with Gasteiger partial charge < -0.3 is 29.5 Å². The molecule has 4 rings (SSSR count). The molecule has 2 aromatic rings. The lowest BCUT2D eigenvalue weighted by Gasteiger charge is -2.36. The Morgan fingerprint density at radius 1 is 1.10 bits per heavy atom. The van der Waals surface area contributed by atoms with Crippen molar-refractivity contribution in [1.29, 1.82) is 0 Å². The molecule has 2 aromatic carbocycles. The fourth-order valence-electron chi connectivity index (χ4n) is 4.16. The fourth-order valence-corrected chi connectivity index (χ4v) is 4.16. The maximum atomic E-state index is 9.45. The average Bonchev–Trinajstić information content (AvgIpc) is 2.81. The normalized spacial score (nSPS) is 19.0. The van der Waals surface area contributed by atoms with E-state index in [4.69, 9.17) is 14.2 Å². The zero-order valence-electron chi connectivity index (χ0n) is 18.3. The summed E-state index contributed by atoms with van der Waals surface area (Å²) in [5, 5.41) is 13.0. The highest BCUT2D eigenvalue weighted by atomic mass is 16.7. The third kappa shape index (κ3) is 6.03. The summed E-state index contributed by atoms with van der Waals surface area (Å²) in [6.07, 6.45) is 2.26. The summed E-state index contributed by atoms with van der Waals surface area (Å²) >= 11 is 0. The topological polar surface area (TPSA) is 66.4 Å². The van der Waals surface area contributed by atoms with Gasteiger partial charge in [0, 0.05) is 64.7 Å². The molecule has 168 valence electrons. The van der Waals surface area contributed by atoms with Crippen molar-refractivity contribution in [3.63, 3.8) is 0 Å². The molecule has 7 heteroatoms. The van der Waals surface area contributed by atoms with Crippen molar-refractivity contribution in [2.24, 2.45) is 0 Å². The Balaban J connectivity index is 1.15. The summed E-state index contributed by atoms with van der Waals surface area (Å²) in [5.74, 6) is 2.02. The first-order chi connectivity index (χ1) is 15.2. The van der Waals surface area contributed by atoms with Crippen molar-refractivity contribution >= 4 is 5.69 Å². The molecule has 31 heavy (non-hydrogen) atoms. The number of piperazine rings is 1. The van der Waals surface area contributed by atoms with Gasteiger partial charge in [0.05, 0.1) is 0 Å².